The second-order valence-corrected chi connectivity index (χ2v) is 5.08. The van der Waals surface area contributed by atoms with E-state index in [0.717, 1.165) is 0 Å². The smallest absolute Gasteiger partial charge is 0.257 e. The van der Waals surface area contributed by atoms with E-state index in [2.05, 4.69) is 20.9 Å². The van der Waals surface area contributed by atoms with Crippen molar-refractivity contribution in [2.75, 3.05) is 26.2 Å². The zero-order valence-corrected chi connectivity index (χ0v) is 11.2. The molecule has 1 saturated heterocycles. The molecule has 0 radical (unpaired) electrons. The van der Waals surface area contributed by atoms with E-state index in [4.69, 9.17) is 5.26 Å². The maximum Gasteiger partial charge on any atom is 0.257 e. The lowest BCUT2D eigenvalue weighted by atomic mass is 10.0. The summed E-state index contributed by atoms with van der Waals surface area (Å²) >= 11 is 0. The molecule has 1 aromatic rings. The molecule has 2 heterocycles. The molecule has 0 unspecified atom stereocenters. The average Bonchev–Trinajstić information content (AvgIpc) is 2.47. The number of amides is 1. The highest BCUT2D eigenvalue weighted by Gasteiger charge is 2.31. The molecular weight excluding hydrogens is 242 g/mol. The summed E-state index contributed by atoms with van der Waals surface area (Å²) in [5.41, 5.74) is 0.0286. The molecule has 6 heteroatoms. The van der Waals surface area contributed by atoms with E-state index in [9.17, 15) is 4.79 Å². The first kappa shape index (κ1) is 13.4. The molecule has 0 N–H and O–H groups in total. The van der Waals surface area contributed by atoms with Crippen molar-refractivity contribution < 1.29 is 4.79 Å². The molecule has 6 nitrogen and oxygen atoms in total. The molecule has 0 saturated carbocycles. The number of aromatic nitrogens is 2. The zero-order valence-electron chi connectivity index (χ0n) is 11.2. The van der Waals surface area contributed by atoms with Crippen LogP contribution in [0.4, 0.5) is 0 Å². The van der Waals surface area contributed by atoms with E-state index in [1.54, 1.807) is 4.90 Å². The van der Waals surface area contributed by atoms with Crippen LogP contribution in [0.3, 0.4) is 0 Å². The van der Waals surface area contributed by atoms with Gasteiger partial charge in [-0.3, -0.25) is 9.69 Å². The lowest BCUT2D eigenvalue weighted by Crippen LogP contribution is -2.55. The van der Waals surface area contributed by atoms with Gasteiger partial charge in [-0.05, 0) is 13.8 Å². The maximum absolute atomic E-state index is 12.2. The number of nitrogens with zero attached hydrogens (tertiary/aromatic N) is 5. The molecule has 100 valence electrons. The Morgan fingerprint density at radius 1 is 1.26 bits per heavy atom. The number of piperazine rings is 1. The van der Waals surface area contributed by atoms with E-state index in [1.165, 1.54) is 18.7 Å². The highest BCUT2D eigenvalue weighted by atomic mass is 16.2. The molecule has 1 fully saturated rings. The van der Waals surface area contributed by atoms with Gasteiger partial charge >= 0.3 is 0 Å². The van der Waals surface area contributed by atoms with Crippen LogP contribution in [0.2, 0.25) is 0 Å². The van der Waals surface area contributed by atoms with Gasteiger partial charge in [0.1, 0.15) is 11.9 Å². The summed E-state index contributed by atoms with van der Waals surface area (Å²) in [7, 11) is 0. The van der Waals surface area contributed by atoms with E-state index >= 15 is 0 Å². The minimum Gasteiger partial charge on any atom is -0.336 e. The van der Waals surface area contributed by atoms with E-state index in [-0.39, 0.29) is 5.91 Å². The molecule has 0 spiro atoms. The fraction of sp³-hybridized carbons (Fsp3) is 0.538. The van der Waals surface area contributed by atoms with Crippen molar-refractivity contribution in [1.29, 1.82) is 5.26 Å². The molecule has 2 rings (SSSR count). The Balaban J connectivity index is 1.98. The number of carbonyl (C=O) groups excluding carboxylic acids is 1. The maximum atomic E-state index is 12.2. The lowest BCUT2D eigenvalue weighted by molar-refractivity contribution is 0.0520. The molecule has 19 heavy (non-hydrogen) atoms. The van der Waals surface area contributed by atoms with Crippen molar-refractivity contribution in [1.82, 2.24) is 19.8 Å². The number of hydrogen-bond donors (Lipinski definition) is 0. The monoisotopic (exact) mass is 259 g/mol. The summed E-state index contributed by atoms with van der Waals surface area (Å²) in [5.74, 6) is -0.0463. The largest absolute Gasteiger partial charge is 0.336 e. The van der Waals surface area contributed by atoms with Gasteiger partial charge in [0, 0.05) is 38.6 Å². The first-order valence-electron chi connectivity index (χ1n) is 6.25. The number of carbonyl (C=O) groups is 1. The summed E-state index contributed by atoms with van der Waals surface area (Å²) in [6.45, 7) is 6.46. The normalized spacial score (nSPS) is 17.0. The zero-order chi connectivity index (χ0) is 13.9. The fourth-order valence-corrected chi connectivity index (χ4v) is 2.13. The second-order valence-electron chi connectivity index (χ2n) is 5.08. The van der Waals surface area contributed by atoms with Crippen molar-refractivity contribution >= 4 is 5.91 Å². The Kier molecular flexibility index (Phi) is 3.76. The fourth-order valence-electron chi connectivity index (χ4n) is 2.13. The Morgan fingerprint density at radius 3 is 2.37 bits per heavy atom. The lowest BCUT2D eigenvalue weighted by Gasteiger charge is -2.40. The molecule has 0 bridgehead atoms. The van der Waals surface area contributed by atoms with Gasteiger partial charge in [0.25, 0.3) is 5.91 Å². The third-order valence-corrected chi connectivity index (χ3v) is 3.44. The van der Waals surface area contributed by atoms with Crippen LogP contribution in [0.25, 0.3) is 0 Å². The third kappa shape index (κ3) is 2.88. The summed E-state index contributed by atoms with van der Waals surface area (Å²) in [5, 5.41) is 9.11. The topological polar surface area (TPSA) is 73.1 Å². The molecule has 1 aliphatic heterocycles. The van der Waals surface area contributed by atoms with Crippen molar-refractivity contribution in [2.45, 2.75) is 19.4 Å². The number of nitriles is 1. The predicted molar refractivity (Wildman–Crippen MR) is 69.2 cm³/mol. The quantitative estimate of drug-likeness (QED) is 0.775. The Labute approximate surface area is 112 Å². The van der Waals surface area contributed by atoms with Crippen LogP contribution < -0.4 is 0 Å². The Hall–Kier alpha value is -2.00. The van der Waals surface area contributed by atoms with E-state index in [0.29, 0.717) is 31.7 Å². The molecule has 0 atom stereocenters. The molecule has 1 amide bonds. The molecule has 0 aromatic carbocycles. The van der Waals surface area contributed by atoms with Crippen LogP contribution >= 0.6 is 0 Å². The SMILES string of the molecule is CC(C)(C#N)N1CCN(C(=O)c2cncnc2)CC1. The summed E-state index contributed by atoms with van der Waals surface area (Å²) < 4.78 is 0. The van der Waals surface area contributed by atoms with Crippen molar-refractivity contribution in [3.63, 3.8) is 0 Å². The highest BCUT2D eigenvalue weighted by molar-refractivity contribution is 5.93. The van der Waals surface area contributed by atoms with Gasteiger partial charge < -0.3 is 4.90 Å². The summed E-state index contributed by atoms with van der Waals surface area (Å²) in [6, 6.07) is 2.29. The van der Waals surface area contributed by atoms with Gasteiger partial charge in [0.2, 0.25) is 0 Å². The van der Waals surface area contributed by atoms with Gasteiger partial charge in [-0.2, -0.15) is 5.26 Å². The minimum atomic E-state index is -0.481. The first-order chi connectivity index (χ1) is 9.04. The average molecular weight is 259 g/mol. The minimum absolute atomic E-state index is 0.0463. The van der Waals surface area contributed by atoms with Crippen molar-refractivity contribution in [3.05, 3.63) is 24.3 Å². The Bertz CT molecular complexity index is 486. The standard InChI is InChI=1S/C13H17N5O/c1-13(2,9-14)18-5-3-17(4-6-18)12(19)11-7-15-10-16-8-11/h7-8,10H,3-6H2,1-2H3. The molecular formula is C13H17N5O. The molecule has 1 aromatic heterocycles. The van der Waals surface area contributed by atoms with Gasteiger partial charge in [-0.1, -0.05) is 0 Å². The van der Waals surface area contributed by atoms with Crippen molar-refractivity contribution in [2.24, 2.45) is 0 Å². The predicted octanol–water partition coefficient (Wildman–Crippen LogP) is 0.537. The van der Waals surface area contributed by atoms with Crippen LogP contribution in [0.1, 0.15) is 24.2 Å². The summed E-state index contributed by atoms with van der Waals surface area (Å²) in [6.07, 6.45) is 4.46. The van der Waals surface area contributed by atoms with Crippen LogP contribution in [-0.4, -0.2) is 57.4 Å². The molecule has 1 aliphatic rings. The van der Waals surface area contributed by atoms with Gasteiger partial charge in [-0.15, -0.1) is 0 Å². The van der Waals surface area contributed by atoms with Gasteiger partial charge in [0.05, 0.1) is 11.6 Å². The van der Waals surface area contributed by atoms with E-state index < -0.39 is 5.54 Å². The third-order valence-electron chi connectivity index (χ3n) is 3.44. The Morgan fingerprint density at radius 2 is 1.84 bits per heavy atom. The number of hydrogen-bond acceptors (Lipinski definition) is 5. The van der Waals surface area contributed by atoms with Crippen LogP contribution in [0, 0.1) is 11.3 Å². The highest BCUT2D eigenvalue weighted by Crippen LogP contribution is 2.16. The second kappa shape index (κ2) is 5.33. The van der Waals surface area contributed by atoms with Gasteiger partial charge in [-0.25, -0.2) is 9.97 Å². The number of rotatable bonds is 2. The van der Waals surface area contributed by atoms with Crippen LogP contribution in [0.15, 0.2) is 18.7 Å². The van der Waals surface area contributed by atoms with Crippen LogP contribution in [0.5, 0.6) is 0 Å². The summed E-state index contributed by atoms with van der Waals surface area (Å²) in [4.78, 5) is 23.8. The van der Waals surface area contributed by atoms with Gasteiger partial charge in [0.15, 0.2) is 0 Å². The first-order valence-corrected chi connectivity index (χ1v) is 6.25. The molecule has 0 aliphatic carbocycles. The van der Waals surface area contributed by atoms with E-state index in [1.807, 2.05) is 13.8 Å². The van der Waals surface area contributed by atoms with Crippen molar-refractivity contribution in [3.8, 4) is 6.07 Å². The van der Waals surface area contributed by atoms with Crippen LogP contribution in [-0.2, 0) is 0 Å².